The highest BCUT2D eigenvalue weighted by Crippen LogP contribution is 2.31. The highest BCUT2D eigenvalue weighted by atomic mass is 32.2. The van der Waals surface area contributed by atoms with Gasteiger partial charge in [-0.2, -0.15) is 13.2 Å². The molecule has 0 spiro atoms. The molecule has 0 fully saturated rings. The lowest BCUT2D eigenvalue weighted by atomic mass is 10.1. The molecule has 0 aliphatic heterocycles. The molecule has 0 aliphatic carbocycles. The summed E-state index contributed by atoms with van der Waals surface area (Å²) in [6.07, 6.45) is -4.50. The summed E-state index contributed by atoms with van der Waals surface area (Å²) in [5.41, 5.74) is 5.29. The normalized spacial score (nSPS) is 11.6. The van der Waals surface area contributed by atoms with Crippen LogP contribution < -0.4 is 5.73 Å². The third-order valence-electron chi connectivity index (χ3n) is 2.41. The molecule has 0 unspecified atom stereocenters. The van der Waals surface area contributed by atoms with Crippen molar-refractivity contribution in [2.45, 2.75) is 11.3 Å². The van der Waals surface area contributed by atoms with Gasteiger partial charge in [-0.1, -0.05) is 42.1 Å². The molecule has 0 bridgehead atoms. The fraction of sp³-hybridized carbons (Fsp3) is 0.231. The van der Waals surface area contributed by atoms with E-state index in [-0.39, 0.29) is 10.9 Å². The van der Waals surface area contributed by atoms with Crippen LogP contribution in [0.5, 0.6) is 0 Å². The number of rotatable bonds is 4. The lowest BCUT2D eigenvalue weighted by Gasteiger charge is -2.10. The second kappa shape index (κ2) is 6.23. The molecule has 0 amide bonds. The van der Waals surface area contributed by atoms with Gasteiger partial charge in [0, 0.05) is 17.9 Å². The van der Waals surface area contributed by atoms with Crippen LogP contribution in [0, 0.1) is 0 Å². The van der Waals surface area contributed by atoms with Crippen molar-refractivity contribution in [3.8, 4) is 11.3 Å². The maximum Gasteiger partial charge on any atom is 0.433 e. The average Bonchev–Trinajstić information content (AvgIpc) is 2.45. The van der Waals surface area contributed by atoms with Crippen LogP contribution in [0.15, 0.2) is 41.6 Å². The number of halogens is 3. The van der Waals surface area contributed by atoms with Gasteiger partial charge in [-0.25, -0.2) is 9.97 Å². The van der Waals surface area contributed by atoms with Crippen molar-refractivity contribution in [3.05, 3.63) is 42.1 Å². The van der Waals surface area contributed by atoms with E-state index in [2.05, 4.69) is 9.97 Å². The van der Waals surface area contributed by atoms with E-state index in [1.807, 2.05) is 0 Å². The predicted octanol–water partition coefficient (Wildman–Crippen LogP) is 3.21. The zero-order chi connectivity index (χ0) is 14.6. The summed E-state index contributed by atoms with van der Waals surface area (Å²) in [5, 5.41) is 0.0872. The Morgan fingerprint density at radius 3 is 2.40 bits per heavy atom. The number of aromatic nitrogens is 2. The third-order valence-corrected chi connectivity index (χ3v) is 3.30. The van der Waals surface area contributed by atoms with Gasteiger partial charge in [0.2, 0.25) is 0 Å². The fourth-order valence-corrected chi connectivity index (χ4v) is 2.17. The molecule has 2 N–H and O–H groups in total. The van der Waals surface area contributed by atoms with Gasteiger partial charge in [0.15, 0.2) is 5.16 Å². The molecule has 0 saturated carbocycles. The van der Waals surface area contributed by atoms with Gasteiger partial charge in [-0.05, 0) is 6.07 Å². The van der Waals surface area contributed by atoms with Crippen LogP contribution in [0.3, 0.4) is 0 Å². The summed E-state index contributed by atoms with van der Waals surface area (Å²) < 4.78 is 38.6. The van der Waals surface area contributed by atoms with Crippen LogP contribution in [0.25, 0.3) is 11.3 Å². The smallest absolute Gasteiger partial charge is 0.330 e. The van der Waals surface area contributed by atoms with Crippen molar-refractivity contribution in [2.75, 3.05) is 12.3 Å². The topological polar surface area (TPSA) is 51.8 Å². The Morgan fingerprint density at radius 1 is 1.10 bits per heavy atom. The number of benzene rings is 1. The number of alkyl halides is 3. The SMILES string of the molecule is NCCSc1nc(-c2ccccc2)cc(C(F)(F)F)n1. The molecule has 0 atom stereocenters. The molecule has 3 nitrogen and oxygen atoms in total. The number of thioether (sulfide) groups is 1. The van der Waals surface area contributed by atoms with Crippen molar-refractivity contribution in [1.82, 2.24) is 9.97 Å². The third kappa shape index (κ3) is 3.71. The number of hydrogen-bond donors (Lipinski definition) is 1. The van der Waals surface area contributed by atoms with Gasteiger partial charge in [0.1, 0.15) is 5.69 Å². The highest BCUT2D eigenvalue weighted by Gasteiger charge is 2.33. The minimum Gasteiger partial charge on any atom is -0.330 e. The summed E-state index contributed by atoms with van der Waals surface area (Å²) in [5.74, 6) is 0.468. The van der Waals surface area contributed by atoms with Gasteiger partial charge in [0.05, 0.1) is 5.69 Å². The first-order valence-corrected chi connectivity index (χ1v) is 6.84. The van der Waals surface area contributed by atoms with E-state index in [4.69, 9.17) is 5.73 Å². The summed E-state index contributed by atoms with van der Waals surface area (Å²) >= 11 is 1.11. The summed E-state index contributed by atoms with van der Waals surface area (Å²) in [4.78, 5) is 7.69. The van der Waals surface area contributed by atoms with Gasteiger partial charge in [-0.15, -0.1) is 0 Å². The van der Waals surface area contributed by atoms with E-state index >= 15 is 0 Å². The van der Waals surface area contributed by atoms with E-state index in [0.717, 1.165) is 17.8 Å². The quantitative estimate of drug-likeness (QED) is 0.695. The predicted molar refractivity (Wildman–Crippen MR) is 72.2 cm³/mol. The van der Waals surface area contributed by atoms with E-state index in [1.165, 1.54) is 0 Å². The first-order chi connectivity index (χ1) is 9.50. The van der Waals surface area contributed by atoms with Crippen molar-refractivity contribution in [2.24, 2.45) is 5.73 Å². The highest BCUT2D eigenvalue weighted by molar-refractivity contribution is 7.99. The molecular weight excluding hydrogens is 287 g/mol. The molecule has 1 aromatic heterocycles. The Hall–Kier alpha value is -1.60. The standard InChI is InChI=1S/C13H12F3N3S/c14-13(15,16)11-8-10(9-4-2-1-3-5-9)18-12(19-11)20-7-6-17/h1-5,8H,6-7,17H2. The summed E-state index contributed by atoms with van der Waals surface area (Å²) in [6, 6.07) is 9.66. The van der Waals surface area contributed by atoms with Crippen LogP contribution in [0.2, 0.25) is 0 Å². The molecule has 2 aromatic rings. The van der Waals surface area contributed by atoms with Crippen LogP contribution in [-0.4, -0.2) is 22.3 Å². The van der Waals surface area contributed by atoms with Crippen molar-refractivity contribution in [1.29, 1.82) is 0 Å². The Morgan fingerprint density at radius 2 is 1.80 bits per heavy atom. The Balaban J connectivity index is 2.46. The lowest BCUT2D eigenvalue weighted by Crippen LogP contribution is -2.10. The molecule has 0 saturated heterocycles. The maximum atomic E-state index is 12.9. The minimum absolute atomic E-state index is 0.0872. The second-order valence-corrected chi connectivity index (χ2v) is 4.98. The van der Waals surface area contributed by atoms with Gasteiger partial charge in [-0.3, -0.25) is 0 Å². The average molecular weight is 299 g/mol. The zero-order valence-corrected chi connectivity index (χ0v) is 11.2. The van der Waals surface area contributed by atoms with Crippen LogP contribution in [-0.2, 0) is 6.18 Å². The monoisotopic (exact) mass is 299 g/mol. The first-order valence-electron chi connectivity index (χ1n) is 5.85. The first kappa shape index (κ1) is 14.8. The summed E-state index contributed by atoms with van der Waals surface area (Å²) in [6.45, 7) is 0.352. The number of nitrogens with two attached hydrogens (primary N) is 1. The fourth-order valence-electron chi connectivity index (χ4n) is 1.54. The number of hydrogen-bond acceptors (Lipinski definition) is 4. The Labute approximate surface area is 118 Å². The molecular formula is C13H12F3N3S. The van der Waals surface area contributed by atoms with Crippen molar-refractivity contribution in [3.63, 3.8) is 0 Å². The molecule has 7 heteroatoms. The molecule has 0 aliphatic rings. The maximum absolute atomic E-state index is 12.9. The van der Waals surface area contributed by atoms with E-state index in [1.54, 1.807) is 30.3 Å². The molecule has 1 heterocycles. The molecule has 20 heavy (non-hydrogen) atoms. The second-order valence-electron chi connectivity index (χ2n) is 3.92. The summed E-state index contributed by atoms with van der Waals surface area (Å²) in [7, 11) is 0. The lowest BCUT2D eigenvalue weighted by molar-refractivity contribution is -0.141. The van der Waals surface area contributed by atoms with Crippen LogP contribution in [0.4, 0.5) is 13.2 Å². The van der Waals surface area contributed by atoms with Gasteiger partial charge < -0.3 is 5.73 Å². The molecule has 0 radical (unpaired) electrons. The minimum atomic E-state index is -4.50. The van der Waals surface area contributed by atoms with Crippen LogP contribution in [0.1, 0.15) is 5.69 Å². The van der Waals surface area contributed by atoms with E-state index < -0.39 is 11.9 Å². The Bertz CT molecular complexity index is 573. The van der Waals surface area contributed by atoms with E-state index in [9.17, 15) is 13.2 Å². The van der Waals surface area contributed by atoms with Gasteiger partial charge in [0.25, 0.3) is 0 Å². The largest absolute Gasteiger partial charge is 0.433 e. The van der Waals surface area contributed by atoms with Gasteiger partial charge >= 0.3 is 6.18 Å². The van der Waals surface area contributed by atoms with E-state index in [0.29, 0.717) is 17.9 Å². The number of nitrogens with zero attached hydrogens (tertiary/aromatic N) is 2. The molecule has 1 aromatic carbocycles. The zero-order valence-electron chi connectivity index (χ0n) is 10.4. The van der Waals surface area contributed by atoms with Crippen LogP contribution >= 0.6 is 11.8 Å². The molecule has 106 valence electrons. The van der Waals surface area contributed by atoms with Crippen molar-refractivity contribution < 1.29 is 13.2 Å². The molecule has 2 rings (SSSR count). The van der Waals surface area contributed by atoms with Crippen molar-refractivity contribution >= 4 is 11.8 Å². The Kier molecular flexibility index (Phi) is 4.61.